The van der Waals surface area contributed by atoms with E-state index in [1.165, 1.54) is 12.1 Å². The van der Waals surface area contributed by atoms with Crippen LogP contribution in [-0.2, 0) is 18.3 Å². The first-order valence-electron chi connectivity index (χ1n) is 8.33. The minimum absolute atomic E-state index is 0.0596. The number of nitrogens with one attached hydrogen (secondary N) is 1. The van der Waals surface area contributed by atoms with E-state index in [4.69, 9.17) is 0 Å². The smallest absolute Gasteiger partial charge is 0.220 e. The molecule has 1 aliphatic carbocycles. The zero-order valence-corrected chi connectivity index (χ0v) is 14.0. The molecule has 0 bridgehead atoms. The normalized spacial score (nSPS) is 20.8. The molecule has 1 aromatic carbocycles. The van der Waals surface area contributed by atoms with Gasteiger partial charge in [-0.2, -0.15) is 5.10 Å². The van der Waals surface area contributed by atoms with Crippen LogP contribution < -0.4 is 5.32 Å². The van der Waals surface area contributed by atoms with Crippen LogP contribution in [0.25, 0.3) is 0 Å². The highest BCUT2D eigenvalue weighted by Crippen LogP contribution is 2.39. The average Bonchev–Trinajstić information content (AvgIpc) is 2.93. The molecule has 7 heteroatoms. The average molecular weight is 349 g/mol. The third kappa shape index (κ3) is 4.04. The van der Waals surface area contributed by atoms with Crippen molar-refractivity contribution in [3.05, 3.63) is 53.4 Å². The fourth-order valence-electron chi connectivity index (χ4n) is 3.24. The molecule has 1 saturated carbocycles. The summed E-state index contributed by atoms with van der Waals surface area (Å²) in [5.41, 5.74) is 1.19. The molecule has 1 heterocycles. The molecule has 5 nitrogen and oxygen atoms in total. The highest BCUT2D eigenvalue weighted by Gasteiger charge is 2.36. The summed E-state index contributed by atoms with van der Waals surface area (Å²) < 4.78 is 29.0. The SMILES string of the molecule is Cn1nccc1CCC(=O)NC(c1ccc(F)cc1F)C1CC(O)C1. The Kier molecular flexibility index (Phi) is 5.13. The van der Waals surface area contributed by atoms with Crippen LogP contribution in [-0.4, -0.2) is 26.9 Å². The number of halogens is 2. The third-order valence-corrected chi connectivity index (χ3v) is 4.77. The van der Waals surface area contributed by atoms with E-state index in [0.717, 1.165) is 11.8 Å². The summed E-state index contributed by atoms with van der Waals surface area (Å²) in [5, 5.41) is 16.5. The Morgan fingerprint density at radius 1 is 1.40 bits per heavy atom. The second-order valence-corrected chi connectivity index (χ2v) is 6.54. The van der Waals surface area contributed by atoms with Gasteiger partial charge in [-0.1, -0.05) is 6.07 Å². The van der Waals surface area contributed by atoms with Crippen molar-refractivity contribution in [3.63, 3.8) is 0 Å². The molecule has 0 saturated heterocycles. The largest absolute Gasteiger partial charge is 0.393 e. The summed E-state index contributed by atoms with van der Waals surface area (Å²) in [6.45, 7) is 0. The van der Waals surface area contributed by atoms with Gasteiger partial charge in [0.2, 0.25) is 5.91 Å². The Balaban J connectivity index is 1.69. The summed E-state index contributed by atoms with van der Waals surface area (Å²) in [6.07, 6.45) is 2.98. The van der Waals surface area contributed by atoms with Gasteiger partial charge in [0.05, 0.1) is 12.1 Å². The molecule has 134 valence electrons. The molecule has 1 amide bonds. The number of rotatable bonds is 6. The lowest BCUT2D eigenvalue weighted by Gasteiger charge is -2.38. The van der Waals surface area contributed by atoms with E-state index in [1.807, 2.05) is 6.07 Å². The summed E-state index contributed by atoms with van der Waals surface area (Å²) >= 11 is 0. The highest BCUT2D eigenvalue weighted by molar-refractivity contribution is 5.76. The van der Waals surface area contributed by atoms with E-state index in [0.29, 0.717) is 19.3 Å². The summed E-state index contributed by atoms with van der Waals surface area (Å²) in [7, 11) is 1.81. The molecular formula is C18H21F2N3O2. The number of carbonyl (C=O) groups excluding carboxylic acids is 1. The molecule has 3 rings (SSSR count). The molecule has 1 unspecified atom stereocenters. The molecule has 2 aromatic rings. The van der Waals surface area contributed by atoms with Gasteiger partial charge >= 0.3 is 0 Å². The molecule has 0 aliphatic heterocycles. The zero-order valence-electron chi connectivity index (χ0n) is 14.0. The number of aromatic nitrogens is 2. The van der Waals surface area contributed by atoms with Crippen molar-refractivity contribution in [2.75, 3.05) is 0 Å². The lowest BCUT2D eigenvalue weighted by Crippen LogP contribution is -2.41. The van der Waals surface area contributed by atoms with E-state index in [9.17, 15) is 18.7 Å². The van der Waals surface area contributed by atoms with Crippen molar-refractivity contribution in [2.24, 2.45) is 13.0 Å². The second-order valence-electron chi connectivity index (χ2n) is 6.54. The number of aliphatic hydroxyl groups excluding tert-OH is 1. The lowest BCUT2D eigenvalue weighted by atomic mass is 9.75. The molecule has 0 radical (unpaired) electrons. The summed E-state index contributed by atoms with van der Waals surface area (Å²) in [5.74, 6) is -1.61. The fourth-order valence-corrected chi connectivity index (χ4v) is 3.24. The Morgan fingerprint density at radius 2 is 2.16 bits per heavy atom. The first-order valence-corrected chi connectivity index (χ1v) is 8.33. The van der Waals surface area contributed by atoms with Crippen molar-refractivity contribution in [1.29, 1.82) is 0 Å². The topological polar surface area (TPSA) is 67.2 Å². The summed E-state index contributed by atoms with van der Waals surface area (Å²) in [4.78, 5) is 12.3. The maximum absolute atomic E-state index is 14.2. The summed E-state index contributed by atoms with van der Waals surface area (Å²) in [6, 6.07) is 4.64. The Hall–Kier alpha value is -2.28. The van der Waals surface area contributed by atoms with Gasteiger partial charge in [0, 0.05) is 37.0 Å². The predicted octanol–water partition coefficient (Wildman–Crippen LogP) is 2.26. The number of aliphatic hydroxyl groups is 1. The van der Waals surface area contributed by atoms with Gasteiger partial charge in [0.25, 0.3) is 0 Å². The van der Waals surface area contributed by atoms with E-state index in [-0.39, 0.29) is 23.8 Å². The van der Waals surface area contributed by atoms with E-state index >= 15 is 0 Å². The Labute approximate surface area is 144 Å². The highest BCUT2D eigenvalue weighted by atomic mass is 19.1. The van der Waals surface area contributed by atoms with Gasteiger partial charge in [-0.25, -0.2) is 8.78 Å². The van der Waals surface area contributed by atoms with Gasteiger partial charge in [-0.05, 0) is 37.3 Å². The Bertz CT molecular complexity index is 757. The van der Waals surface area contributed by atoms with Crippen molar-refractivity contribution in [1.82, 2.24) is 15.1 Å². The zero-order chi connectivity index (χ0) is 18.0. The fraction of sp³-hybridized carbons (Fsp3) is 0.444. The molecule has 0 spiro atoms. The van der Waals surface area contributed by atoms with E-state index in [1.54, 1.807) is 17.9 Å². The molecule has 1 aliphatic rings. The monoisotopic (exact) mass is 349 g/mol. The number of amides is 1. The van der Waals surface area contributed by atoms with E-state index < -0.39 is 23.8 Å². The van der Waals surface area contributed by atoms with Gasteiger partial charge in [-0.15, -0.1) is 0 Å². The number of nitrogens with zero attached hydrogens (tertiary/aromatic N) is 2. The van der Waals surface area contributed by atoms with Crippen LogP contribution in [0, 0.1) is 17.6 Å². The van der Waals surface area contributed by atoms with Crippen LogP contribution in [0.1, 0.15) is 36.6 Å². The quantitative estimate of drug-likeness (QED) is 0.841. The number of hydrogen-bond acceptors (Lipinski definition) is 3. The minimum Gasteiger partial charge on any atom is -0.393 e. The lowest BCUT2D eigenvalue weighted by molar-refractivity contribution is -0.123. The van der Waals surface area contributed by atoms with Crippen molar-refractivity contribution >= 4 is 5.91 Å². The predicted molar refractivity (Wildman–Crippen MR) is 87.5 cm³/mol. The standard InChI is InChI=1S/C18H21F2N3O2/c1-23-13(6-7-21-23)3-5-17(25)22-18(11-8-14(24)9-11)15-4-2-12(19)10-16(15)20/h2,4,6-7,10-11,14,18,24H,3,5,8-9H2,1H3,(H,22,25). The van der Waals surface area contributed by atoms with Crippen molar-refractivity contribution in [2.45, 2.75) is 37.8 Å². The van der Waals surface area contributed by atoms with Crippen molar-refractivity contribution < 1.29 is 18.7 Å². The molecule has 1 fully saturated rings. The van der Waals surface area contributed by atoms with Gasteiger partial charge < -0.3 is 10.4 Å². The van der Waals surface area contributed by atoms with Crippen LogP contribution in [0.15, 0.2) is 30.5 Å². The van der Waals surface area contributed by atoms with Crippen LogP contribution in [0.5, 0.6) is 0 Å². The molecule has 2 N–H and O–H groups in total. The van der Waals surface area contributed by atoms with Crippen molar-refractivity contribution in [3.8, 4) is 0 Å². The third-order valence-electron chi connectivity index (χ3n) is 4.77. The van der Waals surface area contributed by atoms with Crippen LogP contribution in [0.4, 0.5) is 8.78 Å². The second kappa shape index (κ2) is 7.31. The van der Waals surface area contributed by atoms with Crippen LogP contribution >= 0.6 is 0 Å². The van der Waals surface area contributed by atoms with Crippen LogP contribution in [0.2, 0.25) is 0 Å². The molecule has 1 aromatic heterocycles. The first kappa shape index (κ1) is 17.5. The van der Waals surface area contributed by atoms with Crippen LogP contribution in [0.3, 0.4) is 0 Å². The minimum atomic E-state index is -0.682. The number of benzene rings is 1. The number of hydrogen-bond donors (Lipinski definition) is 2. The number of aryl methyl sites for hydroxylation is 2. The van der Waals surface area contributed by atoms with Gasteiger partial charge in [0.1, 0.15) is 11.6 Å². The van der Waals surface area contributed by atoms with E-state index in [2.05, 4.69) is 10.4 Å². The van der Waals surface area contributed by atoms with Gasteiger partial charge in [0.15, 0.2) is 0 Å². The number of carbonyl (C=O) groups is 1. The molecule has 25 heavy (non-hydrogen) atoms. The maximum Gasteiger partial charge on any atom is 0.220 e. The molecular weight excluding hydrogens is 328 g/mol. The van der Waals surface area contributed by atoms with Gasteiger partial charge in [-0.3, -0.25) is 9.48 Å². The molecule has 1 atom stereocenters. The maximum atomic E-state index is 14.2. The Morgan fingerprint density at radius 3 is 2.76 bits per heavy atom. The first-order chi connectivity index (χ1) is 11.9.